The van der Waals surface area contributed by atoms with E-state index in [1.54, 1.807) is 0 Å². The quantitative estimate of drug-likeness (QED) is 0.197. The number of allylic oxidation sites excluding steroid dienone is 1. The molecule has 0 amide bonds. The van der Waals surface area contributed by atoms with Crippen LogP contribution in [0.1, 0.15) is 43.6 Å². The number of rotatable bonds is 4. The van der Waals surface area contributed by atoms with Crippen molar-refractivity contribution in [2.45, 2.75) is 37.8 Å². The molecule has 2 heterocycles. The highest BCUT2D eigenvalue weighted by atomic mass is 15.2. The maximum Gasteiger partial charge on any atom is 0.108 e. The van der Waals surface area contributed by atoms with E-state index < -0.39 is 0 Å². The number of aromatic nitrogens is 1. The Balaban J connectivity index is 1.04. The molecule has 1 N–H and O–H groups in total. The summed E-state index contributed by atoms with van der Waals surface area (Å²) in [5, 5.41) is 9.15. The Labute approximate surface area is 305 Å². The molecule has 8 aromatic rings. The molecule has 1 fully saturated rings. The van der Waals surface area contributed by atoms with E-state index in [0.717, 1.165) is 0 Å². The fourth-order valence-corrected chi connectivity index (χ4v) is 10.4. The number of hydrogen-bond acceptors (Lipinski definition) is 1. The van der Waals surface area contributed by atoms with Crippen LogP contribution in [0.15, 0.2) is 164 Å². The number of fused-ring (bicyclic) bond motifs is 9. The number of hydrogen-bond donors (Lipinski definition) is 1. The van der Waals surface area contributed by atoms with Crippen LogP contribution in [0.3, 0.4) is 0 Å². The molecule has 11 rings (SSSR count). The minimum absolute atomic E-state index is 0.0205. The number of nitrogens with one attached hydrogen (secondary N) is 1. The van der Waals surface area contributed by atoms with Crippen LogP contribution in [0.2, 0.25) is 0 Å². The van der Waals surface area contributed by atoms with Crippen LogP contribution in [0.5, 0.6) is 0 Å². The van der Waals surface area contributed by atoms with Gasteiger partial charge in [-0.05, 0) is 91.2 Å². The smallest absolute Gasteiger partial charge is 0.108 e. The second-order valence-electron chi connectivity index (χ2n) is 15.9. The highest BCUT2D eigenvalue weighted by Gasteiger charge is 2.66. The van der Waals surface area contributed by atoms with Crippen molar-refractivity contribution in [1.29, 1.82) is 0 Å². The molecule has 2 nitrogen and oxygen atoms in total. The molecule has 0 radical (unpaired) electrons. The maximum atomic E-state index is 3.90. The zero-order chi connectivity index (χ0) is 34.8. The largest absolute Gasteiger partial charge is 0.371 e. The van der Waals surface area contributed by atoms with E-state index >= 15 is 0 Å². The third kappa shape index (κ3) is 3.95. The first kappa shape index (κ1) is 29.8. The summed E-state index contributed by atoms with van der Waals surface area (Å²) in [4.78, 5) is 0. The van der Waals surface area contributed by atoms with Gasteiger partial charge < -0.3 is 9.88 Å². The fraction of sp³-hybridized carbons (Fsp3) is 0.160. The molecule has 1 aromatic heterocycles. The Morgan fingerprint density at radius 1 is 0.558 bits per heavy atom. The topological polar surface area (TPSA) is 17.0 Å². The third-order valence-electron chi connectivity index (χ3n) is 13.1. The van der Waals surface area contributed by atoms with Gasteiger partial charge in [-0.15, -0.1) is 0 Å². The highest BCUT2D eigenvalue weighted by Crippen LogP contribution is 2.66. The molecule has 250 valence electrons. The van der Waals surface area contributed by atoms with Crippen molar-refractivity contribution in [3.8, 4) is 33.4 Å². The average Bonchev–Trinajstić information content (AvgIpc) is 3.58. The average molecular weight is 669 g/mol. The Bertz CT molecular complexity index is 2780. The van der Waals surface area contributed by atoms with Crippen molar-refractivity contribution in [2.75, 3.05) is 0 Å². The van der Waals surface area contributed by atoms with Crippen LogP contribution in [-0.2, 0) is 10.8 Å². The summed E-state index contributed by atoms with van der Waals surface area (Å²) in [6.07, 6.45) is 4.81. The normalized spacial score (nSPS) is 22.2. The Kier molecular flexibility index (Phi) is 6.07. The van der Waals surface area contributed by atoms with Gasteiger partial charge in [0.25, 0.3) is 0 Å². The lowest BCUT2D eigenvalue weighted by Crippen LogP contribution is -2.31. The molecule has 4 atom stereocenters. The lowest BCUT2D eigenvalue weighted by Gasteiger charge is -2.29. The van der Waals surface area contributed by atoms with Crippen LogP contribution in [-0.4, -0.2) is 4.57 Å². The first-order chi connectivity index (χ1) is 25.4. The van der Waals surface area contributed by atoms with Crippen LogP contribution in [0, 0.1) is 11.8 Å². The van der Waals surface area contributed by atoms with Crippen LogP contribution in [0.4, 0.5) is 0 Å². The standard InChI is InChI=1S/C50H40N2/c1-31-47-48(52-44-25-22-33-14-7-8-17-38(33)46(44)41-24-21-36(30-45(41)52)32-12-5-4-6-13-32)51-27-26-50(31,47)37-16-11-15-34(28-37)35-20-23-40-39-18-9-10-19-42(39)49(2,3)43(40)29-35/h4-31,47-48,51H,1-3H3. The molecule has 2 heteroatoms. The van der Waals surface area contributed by atoms with Crippen molar-refractivity contribution >= 4 is 32.6 Å². The van der Waals surface area contributed by atoms with Gasteiger partial charge in [-0.1, -0.05) is 160 Å². The zero-order valence-electron chi connectivity index (χ0n) is 29.8. The van der Waals surface area contributed by atoms with E-state index in [4.69, 9.17) is 0 Å². The molecular weight excluding hydrogens is 629 g/mol. The van der Waals surface area contributed by atoms with Gasteiger partial charge >= 0.3 is 0 Å². The van der Waals surface area contributed by atoms with E-state index in [0.29, 0.717) is 11.8 Å². The van der Waals surface area contributed by atoms with Gasteiger partial charge in [-0.3, -0.25) is 0 Å². The van der Waals surface area contributed by atoms with Crippen molar-refractivity contribution in [3.05, 3.63) is 181 Å². The van der Waals surface area contributed by atoms with Gasteiger partial charge in [0, 0.05) is 27.5 Å². The molecule has 0 bridgehead atoms. The van der Waals surface area contributed by atoms with Gasteiger partial charge in [0.2, 0.25) is 0 Å². The predicted octanol–water partition coefficient (Wildman–Crippen LogP) is 12.4. The van der Waals surface area contributed by atoms with Crippen molar-refractivity contribution in [2.24, 2.45) is 11.8 Å². The zero-order valence-corrected chi connectivity index (χ0v) is 29.8. The summed E-state index contributed by atoms with van der Waals surface area (Å²) < 4.78 is 2.63. The molecule has 7 aromatic carbocycles. The molecule has 4 unspecified atom stereocenters. The van der Waals surface area contributed by atoms with E-state index in [2.05, 4.69) is 195 Å². The summed E-state index contributed by atoms with van der Waals surface area (Å²) in [6.45, 7) is 7.19. The van der Waals surface area contributed by atoms with Crippen molar-refractivity contribution < 1.29 is 0 Å². The first-order valence-corrected chi connectivity index (χ1v) is 18.7. The Morgan fingerprint density at radius 2 is 1.29 bits per heavy atom. The van der Waals surface area contributed by atoms with Crippen molar-refractivity contribution in [1.82, 2.24) is 9.88 Å². The number of nitrogens with zero attached hydrogens (tertiary/aromatic N) is 1. The highest BCUT2D eigenvalue weighted by molar-refractivity contribution is 6.21. The molecular formula is C50H40N2. The Morgan fingerprint density at radius 3 is 2.19 bits per heavy atom. The lowest BCUT2D eigenvalue weighted by molar-refractivity contribution is 0.379. The summed E-state index contributed by atoms with van der Waals surface area (Å²) in [6, 6.07) is 56.8. The van der Waals surface area contributed by atoms with Crippen molar-refractivity contribution in [3.63, 3.8) is 0 Å². The maximum absolute atomic E-state index is 3.90. The van der Waals surface area contributed by atoms with E-state index in [9.17, 15) is 0 Å². The lowest BCUT2D eigenvalue weighted by atomic mass is 9.81. The minimum Gasteiger partial charge on any atom is -0.371 e. The first-order valence-electron chi connectivity index (χ1n) is 18.7. The predicted molar refractivity (Wildman–Crippen MR) is 217 cm³/mol. The summed E-state index contributed by atoms with van der Waals surface area (Å²) in [5.41, 5.74) is 14.6. The van der Waals surface area contributed by atoms with E-state index in [1.807, 2.05) is 0 Å². The monoisotopic (exact) mass is 668 g/mol. The van der Waals surface area contributed by atoms with Gasteiger partial charge in [0.15, 0.2) is 0 Å². The van der Waals surface area contributed by atoms with E-state index in [1.165, 1.54) is 82.6 Å². The second-order valence-corrected chi connectivity index (χ2v) is 15.9. The summed E-state index contributed by atoms with van der Waals surface area (Å²) >= 11 is 0. The van der Waals surface area contributed by atoms with Gasteiger partial charge in [0.1, 0.15) is 6.17 Å². The molecule has 52 heavy (non-hydrogen) atoms. The third-order valence-corrected chi connectivity index (χ3v) is 13.1. The molecule has 3 aliphatic rings. The van der Waals surface area contributed by atoms with Crippen LogP contribution >= 0.6 is 0 Å². The van der Waals surface area contributed by atoms with E-state index in [-0.39, 0.29) is 17.0 Å². The van der Waals surface area contributed by atoms with Gasteiger partial charge in [-0.2, -0.15) is 0 Å². The summed E-state index contributed by atoms with van der Waals surface area (Å²) in [5.74, 6) is 0.865. The van der Waals surface area contributed by atoms with Gasteiger partial charge in [-0.25, -0.2) is 0 Å². The molecule has 1 saturated carbocycles. The summed E-state index contributed by atoms with van der Waals surface area (Å²) in [7, 11) is 0. The van der Waals surface area contributed by atoms with Gasteiger partial charge in [0.05, 0.1) is 11.0 Å². The fourth-order valence-electron chi connectivity index (χ4n) is 10.4. The number of benzene rings is 7. The second kappa shape index (κ2) is 10.6. The molecule has 2 aliphatic carbocycles. The molecule has 0 saturated heterocycles. The van der Waals surface area contributed by atoms with Crippen LogP contribution in [0.25, 0.3) is 66.0 Å². The molecule has 0 spiro atoms. The van der Waals surface area contributed by atoms with Crippen LogP contribution < -0.4 is 5.32 Å². The minimum atomic E-state index is -0.0467. The Hall–Kier alpha value is -5.86. The molecule has 1 aliphatic heterocycles. The SMILES string of the molecule is CC1C2C(n3c4cc(-c5ccccc5)ccc4c4c5ccccc5ccc43)NC=CC12c1cccc(-c2ccc3c(c2)C(C)(C)c2ccccc2-3)c1.